The zero-order valence-corrected chi connectivity index (χ0v) is 14.9. The number of nitrogens with zero attached hydrogens (tertiary/aromatic N) is 1. The summed E-state index contributed by atoms with van der Waals surface area (Å²) in [6.45, 7) is 4.20. The summed E-state index contributed by atoms with van der Waals surface area (Å²) in [6, 6.07) is 9.93. The number of nitrogens with one attached hydrogen (secondary N) is 2. The van der Waals surface area contributed by atoms with Gasteiger partial charge in [0.2, 0.25) is 0 Å². The van der Waals surface area contributed by atoms with Gasteiger partial charge in [0.15, 0.2) is 0 Å². The lowest BCUT2D eigenvalue weighted by molar-refractivity contribution is -0.133. The summed E-state index contributed by atoms with van der Waals surface area (Å²) >= 11 is 0. The maximum absolute atomic E-state index is 12.8. The number of carbonyl (C=O) groups excluding carboxylic acids is 2. The smallest absolute Gasteiger partial charge is 0.323 e. The Balaban J connectivity index is 0.00000208. The fourth-order valence-corrected chi connectivity index (χ4v) is 3.68. The lowest BCUT2D eigenvalue weighted by Crippen LogP contribution is -2.53. The van der Waals surface area contributed by atoms with Gasteiger partial charge in [0.25, 0.3) is 5.91 Å². The molecule has 24 heavy (non-hydrogen) atoms. The molecule has 0 radical (unpaired) electrons. The topological polar surface area (TPSA) is 61.4 Å². The fraction of sp³-hybridized carbons (Fsp3) is 0.556. The van der Waals surface area contributed by atoms with E-state index in [4.69, 9.17) is 0 Å². The third-order valence-corrected chi connectivity index (χ3v) is 5.15. The quantitative estimate of drug-likeness (QED) is 0.800. The number of carbonyl (C=O) groups is 2. The minimum Gasteiger partial charge on any atom is -0.323 e. The van der Waals surface area contributed by atoms with Crippen LogP contribution >= 0.6 is 12.4 Å². The number of hydrogen-bond acceptors (Lipinski definition) is 3. The third kappa shape index (κ3) is 3.73. The van der Waals surface area contributed by atoms with Gasteiger partial charge < -0.3 is 10.6 Å². The Labute approximate surface area is 149 Å². The van der Waals surface area contributed by atoms with Crippen LogP contribution in [0.5, 0.6) is 0 Å². The summed E-state index contributed by atoms with van der Waals surface area (Å²) in [6.07, 6.45) is 3.54. The van der Waals surface area contributed by atoms with Crippen LogP contribution < -0.4 is 10.6 Å². The van der Waals surface area contributed by atoms with E-state index in [-0.39, 0.29) is 30.3 Å². The summed E-state index contributed by atoms with van der Waals surface area (Å²) in [5, 5.41) is 6.27. The van der Waals surface area contributed by atoms with E-state index < -0.39 is 5.54 Å². The number of halogens is 1. The van der Waals surface area contributed by atoms with E-state index in [9.17, 15) is 9.59 Å². The average molecular weight is 352 g/mol. The van der Waals surface area contributed by atoms with Gasteiger partial charge in [0.1, 0.15) is 5.54 Å². The van der Waals surface area contributed by atoms with E-state index in [1.54, 1.807) is 0 Å². The minimum atomic E-state index is -0.730. The second-order valence-corrected chi connectivity index (χ2v) is 6.70. The molecule has 2 aliphatic heterocycles. The molecule has 2 N–H and O–H groups in total. The van der Waals surface area contributed by atoms with Gasteiger partial charge >= 0.3 is 6.03 Å². The molecule has 5 nitrogen and oxygen atoms in total. The zero-order valence-electron chi connectivity index (χ0n) is 14.1. The van der Waals surface area contributed by atoms with Crippen LogP contribution in [0.25, 0.3) is 0 Å². The van der Waals surface area contributed by atoms with Gasteiger partial charge in [0, 0.05) is 6.54 Å². The summed E-state index contributed by atoms with van der Waals surface area (Å²) in [5.74, 6) is 0.168. The zero-order chi connectivity index (χ0) is 16.3. The van der Waals surface area contributed by atoms with Crippen LogP contribution in [0.3, 0.4) is 0 Å². The van der Waals surface area contributed by atoms with Crippen LogP contribution in [0.4, 0.5) is 4.79 Å². The lowest BCUT2D eigenvalue weighted by atomic mass is 9.79. The van der Waals surface area contributed by atoms with Gasteiger partial charge in [-0.3, -0.25) is 9.69 Å². The Morgan fingerprint density at radius 2 is 1.83 bits per heavy atom. The monoisotopic (exact) mass is 351 g/mol. The molecule has 1 aromatic rings. The van der Waals surface area contributed by atoms with Crippen LogP contribution in [0.2, 0.25) is 0 Å². The van der Waals surface area contributed by atoms with Gasteiger partial charge in [-0.15, -0.1) is 12.4 Å². The van der Waals surface area contributed by atoms with Crippen molar-refractivity contribution in [2.24, 2.45) is 5.92 Å². The maximum Gasteiger partial charge on any atom is 0.325 e. The molecular formula is C18H26ClN3O2. The molecular weight excluding hydrogens is 326 g/mol. The molecule has 2 saturated heterocycles. The molecule has 0 saturated carbocycles. The third-order valence-electron chi connectivity index (χ3n) is 5.15. The number of piperidine rings is 1. The SMILES string of the molecule is CC1(C2CCNCC2)NC(=O)N(CCCc2ccccc2)C1=O.Cl. The Hall–Kier alpha value is -1.59. The number of benzene rings is 1. The van der Waals surface area contributed by atoms with Gasteiger partial charge in [0.05, 0.1) is 0 Å². The van der Waals surface area contributed by atoms with Crippen LogP contribution in [0.15, 0.2) is 30.3 Å². The highest BCUT2D eigenvalue weighted by molar-refractivity contribution is 6.07. The van der Waals surface area contributed by atoms with Crippen LogP contribution in [0, 0.1) is 5.92 Å². The Morgan fingerprint density at radius 1 is 1.17 bits per heavy atom. The van der Waals surface area contributed by atoms with Crippen LogP contribution in [0.1, 0.15) is 31.7 Å². The van der Waals surface area contributed by atoms with Crippen molar-refractivity contribution in [3.63, 3.8) is 0 Å². The summed E-state index contributed by atoms with van der Waals surface area (Å²) in [7, 11) is 0. The van der Waals surface area contributed by atoms with Crippen molar-refractivity contribution in [2.45, 2.75) is 38.1 Å². The number of amides is 3. The number of imide groups is 1. The van der Waals surface area contributed by atoms with E-state index in [0.29, 0.717) is 6.54 Å². The van der Waals surface area contributed by atoms with Crippen molar-refractivity contribution >= 4 is 24.3 Å². The molecule has 6 heteroatoms. The van der Waals surface area contributed by atoms with Crippen molar-refractivity contribution in [2.75, 3.05) is 19.6 Å². The van der Waals surface area contributed by atoms with E-state index >= 15 is 0 Å². The second kappa shape index (κ2) is 7.99. The molecule has 0 aliphatic carbocycles. The summed E-state index contributed by atoms with van der Waals surface area (Å²) in [4.78, 5) is 26.5. The number of urea groups is 1. The Morgan fingerprint density at radius 3 is 2.50 bits per heavy atom. The van der Waals surface area contributed by atoms with E-state index in [0.717, 1.165) is 38.8 Å². The van der Waals surface area contributed by atoms with Crippen molar-refractivity contribution in [1.29, 1.82) is 0 Å². The first-order valence-electron chi connectivity index (χ1n) is 8.50. The standard InChI is InChI=1S/C18H25N3O2.ClH/c1-18(15-9-11-19-12-10-15)16(22)21(17(23)20-18)13-5-8-14-6-3-2-4-7-14;/h2-4,6-7,15,19H,5,8-13H2,1H3,(H,20,23);1H. The van der Waals surface area contributed by atoms with E-state index in [1.165, 1.54) is 10.5 Å². The molecule has 1 atom stereocenters. The van der Waals surface area contributed by atoms with Crippen molar-refractivity contribution < 1.29 is 9.59 Å². The predicted molar refractivity (Wildman–Crippen MR) is 96.3 cm³/mol. The van der Waals surface area contributed by atoms with Gasteiger partial charge in [-0.2, -0.15) is 0 Å². The van der Waals surface area contributed by atoms with Gasteiger partial charge in [-0.05, 0) is 57.2 Å². The number of hydrogen-bond donors (Lipinski definition) is 2. The lowest BCUT2D eigenvalue weighted by Gasteiger charge is -2.34. The largest absolute Gasteiger partial charge is 0.325 e. The first kappa shape index (κ1) is 18.7. The van der Waals surface area contributed by atoms with Crippen molar-refractivity contribution in [3.8, 4) is 0 Å². The highest BCUT2D eigenvalue weighted by Gasteiger charge is 2.51. The van der Waals surface area contributed by atoms with Crippen LogP contribution in [-0.2, 0) is 11.2 Å². The molecule has 0 aromatic heterocycles. The molecule has 2 fully saturated rings. The molecule has 2 heterocycles. The predicted octanol–water partition coefficient (Wildman–Crippen LogP) is 2.35. The molecule has 132 valence electrons. The molecule has 3 amide bonds. The Bertz CT molecular complexity index is 575. The van der Waals surface area contributed by atoms with Crippen molar-refractivity contribution in [1.82, 2.24) is 15.5 Å². The summed E-state index contributed by atoms with van der Waals surface area (Å²) in [5.41, 5.74) is 0.507. The van der Waals surface area contributed by atoms with E-state index in [1.807, 2.05) is 25.1 Å². The molecule has 1 aromatic carbocycles. The molecule has 3 rings (SSSR count). The molecule has 0 bridgehead atoms. The highest BCUT2D eigenvalue weighted by Crippen LogP contribution is 2.31. The normalized spacial score (nSPS) is 24.6. The molecule has 1 unspecified atom stereocenters. The average Bonchev–Trinajstić information content (AvgIpc) is 2.81. The highest BCUT2D eigenvalue weighted by atomic mass is 35.5. The number of rotatable bonds is 5. The molecule has 2 aliphatic rings. The minimum absolute atomic E-state index is 0. The van der Waals surface area contributed by atoms with E-state index in [2.05, 4.69) is 22.8 Å². The number of aryl methyl sites for hydroxylation is 1. The second-order valence-electron chi connectivity index (χ2n) is 6.70. The fourth-order valence-electron chi connectivity index (χ4n) is 3.68. The Kier molecular flexibility index (Phi) is 6.24. The molecule has 0 spiro atoms. The summed E-state index contributed by atoms with van der Waals surface area (Å²) < 4.78 is 0. The maximum atomic E-state index is 12.8. The first-order valence-corrected chi connectivity index (χ1v) is 8.50. The van der Waals surface area contributed by atoms with Gasteiger partial charge in [-0.25, -0.2) is 4.79 Å². The van der Waals surface area contributed by atoms with Gasteiger partial charge in [-0.1, -0.05) is 30.3 Å². The van der Waals surface area contributed by atoms with Crippen molar-refractivity contribution in [3.05, 3.63) is 35.9 Å². The van der Waals surface area contributed by atoms with Crippen LogP contribution in [-0.4, -0.2) is 42.0 Å². The first-order chi connectivity index (χ1) is 11.1.